The number of aliphatic carboxylic acids is 1. The van der Waals surface area contributed by atoms with Crippen molar-refractivity contribution in [3.8, 4) is 0 Å². The number of rotatable bonds is 14. The number of ether oxygens (including phenoxy) is 1. The molecule has 5 nitrogen and oxygen atoms in total. The zero-order chi connectivity index (χ0) is 24.0. The maximum Gasteiger partial charge on any atom is 0.311 e. The average molecular weight is 364 g/mol. The molecule has 0 aliphatic carbocycles. The Balaban J connectivity index is 4.79. The van der Waals surface area contributed by atoms with Gasteiger partial charge in [0.1, 0.15) is 0 Å². The molecule has 25 heavy (non-hydrogen) atoms. The Morgan fingerprint density at radius 3 is 1.80 bits per heavy atom. The summed E-state index contributed by atoms with van der Waals surface area (Å²) < 4.78 is 45.1. The van der Waals surface area contributed by atoms with E-state index in [1.807, 2.05) is 0 Å². The Morgan fingerprint density at radius 1 is 0.960 bits per heavy atom. The van der Waals surface area contributed by atoms with E-state index in [1.54, 1.807) is 27.7 Å². The third-order valence-corrected chi connectivity index (χ3v) is 4.36. The van der Waals surface area contributed by atoms with Crippen LogP contribution in [0.5, 0.6) is 0 Å². The Kier molecular flexibility index (Phi) is 7.41. The van der Waals surface area contributed by atoms with Gasteiger partial charge in [-0.05, 0) is 53.3 Å². The Bertz CT molecular complexity index is 588. The molecule has 0 fully saturated rings. The number of hydrogen-bond donors (Lipinski definition) is 2. The standard InChI is InChI=1S/C20H38O5/c1-19(2,17(22)23)14-10-6-8-12-16(21)13-9-7-11-15-20(3,4)18(24)25-5/h16,21H,6-15H2,1-5H3,(H,22,23)/i12D2,13D2,16D. The number of unbranched alkanes of at least 4 members (excludes halogenated alkanes) is 2. The van der Waals surface area contributed by atoms with Crippen molar-refractivity contribution in [2.45, 2.75) is 97.9 Å². The van der Waals surface area contributed by atoms with E-state index in [0.29, 0.717) is 25.7 Å². The second-order valence-electron chi connectivity index (χ2n) is 7.68. The fourth-order valence-electron chi connectivity index (χ4n) is 2.35. The van der Waals surface area contributed by atoms with Crippen LogP contribution < -0.4 is 0 Å². The third kappa shape index (κ3) is 10.5. The first kappa shape index (κ1) is 16.1. The summed E-state index contributed by atoms with van der Waals surface area (Å²) >= 11 is 0. The molecule has 0 saturated heterocycles. The van der Waals surface area contributed by atoms with Gasteiger partial charge in [0.15, 0.2) is 0 Å². The average Bonchev–Trinajstić information content (AvgIpc) is 2.61. The van der Waals surface area contributed by atoms with Gasteiger partial charge in [0.2, 0.25) is 0 Å². The van der Waals surface area contributed by atoms with E-state index < -0.39 is 35.6 Å². The topological polar surface area (TPSA) is 83.8 Å². The van der Waals surface area contributed by atoms with E-state index in [0.717, 1.165) is 0 Å². The van der Waals surface area contributed by atoms with E-state index in [1.165, 1.54) is 7.11 Å². The van der Waals surface area contributed by atoms with Crippen molar-refractivity contribution >= 4 is 11.9 Å². The maximum atomic E-state index is 11.7. The molecule has 0 saturated carbocycles. The zero-order valence-electron chi connectivity index (χ0n) is 21.3. The number of methoxy groups -OCH3 is 1. The molecule has 0 aliphatic heterocycles. The monoisotopic (exact) mass is 363 g/mol. The van der Waals surface area contributed by atoms with Gasteiger partial charge in [-0.15, -0.1) is 0 Å². The largest absolute Gasteiger partial charge is 0.481 e. The van der Waals surface area contributed by atoms with Gasteiger partial charge in [0.25, 0.3) is 0 Å². The number of esters is 1. The smallest absolute Gasteiger partial charge is 0.311 e. The van der Waals surface area contributed by atoms with Crippen LogP contribution in [0.3, 0.4) is 0 Å². The second kappa shape index (κ2) is 11.5. The van der Waals surface area contributed by atoms with Gasteiger partial charge in [0, 0.05) is 5.48 Å². The molecule has 148 valence electrons. The van der Waals surface area contributed by atoms with Crippen LogP contribution in [0.4, 0.5) is 0 Å². The first-order valence-electron chi connectivity index (χ1n) is 11.4. The molecule has 0 spiro atoms. The Labute approximate surface area is 160 Å². The van der Waals surface area contributed by atoms with Crippen molar-refractivity contribution in [2.24, 2.45) is 10.8 Å². The highest BCUT2D eigenvalue weighted by atomic mass is 16.5. The van der Waals surface area contributed by atoms with Gasteiger partial charge in [-0.3, -0.25) is 9.59 Å². The molecular weight excluding hydrogens is 320 g/mol. The van der Waals surface area contributed by atoms with Crippen LogP contribution in [0.15, 0.2) is 0 Å². The molecule has 0 bridgehead atoms. The van der Waals surface area contributed by atoms with Crippen LogP contribution in [-0.2, 0) is 14.3 Å². The Morgan fingerprint density at radius 2 is 1.40 bits per heavy atom. The van der Waals surface area contributed by atoms with Crippen LogP contribution in [0, 0.1) is 10.8 Å². The number of carboxylic acid groups (broad SMARTS) is 1. The molecular formula is C20H38O5. The fourth-order valence-corrected chi connectivity index (χ4v) is 2.35. The van der Waals surface area contributed by atoms with Crippen molar-refractivity contribution in [1.29, 1.82) is 0 Å². The molecule has 5 heteroatoms. The number of aliphatic hydroxyl groups is 1. The quantitative estimate of drug-likeness (QED) is 0.349. The lowest BCUT2D eigenvalue weighted by atomic mass is 9.86. The highest BCUT2D eigenvalue weighted by Gasteiger charge is 2.28. The molecule has 0 heterocycles. The summed E-state index contributed by atoms with van der Waals surface area (Å²) in [6, 6.07) is 0. The molecule has 1 unspecified atom stereocenters. The van der Waals surface area contributed by atoms with Gasteiger partial charge in [0.05, 0.1) is 25.4 Å². The van der Waals surface area contributed by atoms with E-state index in [9.17, 15) is 14.7 Å². The number of carboxylic acids is 1. The summed E-state index contributed by atoms with van der Waals surface area (Å²) in [6.07, 6.45) is -6.32. The minimum absolute atomic E-state index is 0.226. The van der Waals surface area contributed by atoms with E-state index in [2.05, 4.69) is 0 Å². The molecule has 0 aromatic rings. The summed E-state index contributed by atoms with van der Waals surface area (Å²) in [5, 5.41) is 19.6. The minimum Gasteiger partial charge on any atom is -0.481 e. The van der Waals surface area contributed by atoms with Gasteiger partial charge >= 0.3 is 11.9 Å². The maximum absolute atomic E-state index is 11.7. The van der Waals surface area contributed by atoms with Gasteiger partial charge in [-0.1, -0.05) is 38.5 Å². The molecule has 0 amide bonds. The summed E-state index contributed by atoms with van der Waals surface area (Å²) in [5.41, 5.74) is -1.67. The highest BCUT2D eigenvalue weighted by molar-refractivity contribution is 5.75. The van der Waals surface area contributed by atoms with Crippen molar-refractivity contribution in [2.75, 3.05) is 7.11 Å². The third-order valence-electron chi connectivity index (χ3n) is 4.36. The minimum atomic E-state index is -2.96. The molecule has 0 aliphatic rings. The molecule has 0 aromatic heterocycles. The van der Waals surface area contributed by atoms with Crippen LogP contribution in [0.2, 0.25) is 0 Å². The summed E-state index contributed by atoms with van der Waals surface area (Å²) in [6.45, 7) is 6.59. The van der Waals surface area contributed by atoms with Gasteiger partial charge < -0.3 is 14.9 Å². The highest BCUT2D eigenvalue weighted by Crippen LogP contribution is 2.26. The predicted molar refractivity (Wildman–Crippen MR) is 99.4 cm³/mol. The van der Waals surface area contributed by atoms with Crippen LogP contribution in [0.25, 0.3) is 0 Å². The molecule has 2 N–H and O–H groups in total. The number of hydrogen-bond acceptors (Lipinski definition) is 4. The van der Waals surface area contributed by atoms with Crippen LogP contribution in [0.1, 0.15) is 98.7 Å². The molecule has 0 rings (SSSR count). The van der Waals surface area contributed by atoms with Gasteiger partial charge in [-0.2, -0.15) is 0 Å². The van der Waals surface area contributed by atoms with E-state index in [-0.39, 0.29) is 31.7 Å². The molecule has 0 radical (unpaired) electrons. The lowest BCUT2D eigenvalue weighted by Gasteiger charge is -2.21. The first-order valence-corrected chi connectivity index (χ1v) is 8.88. The van der Waals surface area contributed by atoms with Crippen molar-refractivity contribution in [3.63, 3.8) is 0 Å². The van der Waals surface area contributed by atoms with Crippen LogP contribution >= 0.6 is 0 Å². The molecule has 0 aromatic carbocycles. The van der Waals surface area contributed by atoms with Crippen molar-refractivity contribution in [1.82, 2.24) is 0 Å². The first-order chi connectivity index (χ1) is 13.3. The normalized spacial score (nSPS) is 18.9. The summed E-state index contributed by atoms with van der Waals surface area (Å²) in [7, 11) is 1.30. The Hall–Kier alpha value is -1.10. The van der Waals surface area contributed by atoms with Crippen LogP contribution in [-0.4, -0.2) is 35.3 Å². The van der Waals surface area contributed by atoms with E-state index in [4.69, 9.17) is 16.7 Å². The second-order valence-corrected chi connectivity index (χ2v) is 7.68. The number of carbonyl (C=O) groups excluding carboxylic acids is 1. The lowest BCUT2D eigenvalue weighted by molar-refractivity contribution is -0.151. The molecule has 1 atom stereocenters. The SMILES string of the molecule is [2H]C([2H])(CCCCC(C)(C)C(=O)O)C([2H])(O)C([2H])([2H])CCCCC(C)(C)C(=O)OC. The van der Waals surface area contributed by atoms with Gasteiger partial charge in [-0.25, -0.2) is 0 Å². The number of carbonyl (C=O) groups is 2. The van der Waals surface area contributed by atoms with Crippen molar-refractivity contribution in [3.05, 3.63) is 0 Å². The summed E-state index contributed by atoms with van der Waals surface area (Å²) in [4.78, 5) is 22.8. The van der Waals surface area contributed by atoms with Crippen molar-refractivity contribution < 1.29 is 31.4 Å². The fraction of sp³-hybridized carbons (Fsp3) is 0.900. The summed E-state index contributed by atoms with van der Waals surface area (Å²) in [5.74, 6) is -1.32. The zero-order valence-corrected chi connectivity index (χ0v) is 16.3. The predicted octanol–water partition coefficient (Wildman–Crippen LogP) is 4.56. The lowest BCUT2D eigenvalue weighted by Crippen LogP contribution is -2.25. The van der Waals surface area contributed by atoms with E-state index >= 15 is 0 Å².